The number of fused-ring (bicyclic) bond motifs is 3. The Balaban J connectivity index is 0.00000323. The zero-order valence-electron chi connectivity index (χ0n) is 21.5. The molecule has 2 heterocycles. The van der Waals surface area contributed by atoms with E-state index >= 15 is 0 Å². The quantitative estimate of drug-likeness (QED) is 0.409. The minimum atomic E-state index is -4.94. The number of alkyl halides is 3. The molecule has 0 bridgehead atoms. The summed E-state index contributed by atoms with van der Waals surface area (Å²) in [5, 5.41) is 31.1. The van der Waals surface area contributed by atoms with Gasteiger partial charge in [-0.05, 0) is 46.4 Å². The van der Waals surface area contributed by atoms with Gasteiger partial charge in [0.1, 0.15) is 5.69 Å². The molecule has 0 spiro atoms. The molecule has 4 aromatic rings. The summed E-state index contributed by atoms with van der Waals surface area (Å²) in [7, 11) is 1.86. The van der Waals surface area contributed by atoms with Crippen LogP contribution in [0.4, 0.5) is 18.9 Å². The van der Waals surface area contributed by atoms with Crippen LogP contribution in [0.2, 0.25) is 0 Å². The molecule has 3 aromatic carbocycles. The fraction of sp³-hybridized carbons (Fsp3) is 0.323. The van der Waals surface area contributed by atoms with Crippen molar-refractivity contribution in [2.75, 3.05) is 11.9 Å². The molecule has 40 heavy (non-hydrogen) atoms. The lowest BCUT2D eigenvalue weighted by atomic mass is 9.64. The molecule has 1 aliphatic heterocycles. The maximum Gasteiger partial charge on any atom is 0.433 e. The molecule has 1 saturated carbocycles. The first-order valence-corrected chi connectivity index (χ1v) is 12.7. The average molecular weight is 550 g/mol. The predicted molar refractivity (Wildman–Crippen MR) is 145 cm³/mol. The van der Waals surface area contributed by atoms with E-state index in [1.165, 1.54) is 12.1 Å². The van der Waals surface area contributed by atoms with Crippen LogP contribution < -0.4 is 20.7 Å². The van der Waals surface area contributed by atoms with Gasteiger partial charge in [-0.15, -0.1) is 12.2 Å². The summed E-state index contributed by atoms with van der Waals surface area (Å²) >= 11 is 0. The Hall–Kier alpha value is -3.82. The lowest BCUT2D eigenvalue weighted by Gasteiger charge is -2.60. The number of aromatic nitrogens is 2. The van der Waals surface area contributed by atoms with Crippen LogP contribution in [0.1, 0.15) is 44.0 Å². The Labute approximate surface area is 230 Å². The van der Waals surface area contributed by atoms with Gasteiger partial charge >= 0.3 is 6.18 Å². The highest BCUT2D eigenvalue weighted by atomic mass is 19.4. The third-order valence-electron chi connectivity index (χ3n) is 8.27. The van der Waals surface area contributed by atoms with Crippen LogP contribution in [-0.2, 0) is 11.6 Å². The van der Waals surface area contributed by atoms with Gasteiger partial charge in [0.05, 0.1) is 11.3 Å². The second kappa shape index (κ2) is 9.38. The number of likely N-dealkylation sites (N-methyl/N-ethyl adjacent to an activating group) is 1. The number of H-pyrrole nitrogens is 1. The van der Waals surface area contributed by atoms with E-state index in [1.54, 1.807) is 24.3 Å². The highest BCUT2D eigenvalue weighted by Crippen LogP contribution is 2.52. The molecule has 2 unspecified atom stereocenters. The van der Waals surface area contributed by atoms with Crippen molar-refractivity contribution in [3.63, 3.8) is 0 Å². The van der Waals surface area contributed by atoms with Gasteiger partial charge in [0.2, 0.25) is 0 Å². The molecule has 6 nitrogen and oxygen atoms in total. The minimum absolute atomic E-state index is 0. The molecular weight excluding hydrogens is 519 g/mol. The van der Waals surface area contributed by atoms with E-state index in [1.807, 2.05) is 62.2 Å². The first kappa shape index (κ1) is 27.7. The number of anilines is 1. The van der Waals surface area contributed by atoms with Crippen LogP contribution in [0.25, 0.3) is 16.5 Å². The number of aromatic amines is 1. The number of hydrogen-bond acceptors (Lipinski definition) is 4. The predicted octanol–water partition coefficient (Wildman–Crippen LogP) is 4.46. The van der Waals surface area contributed by atoms with Gasteiger partial charge < -0.3 is 15.1 Å². The first-order chi connectivity index (χ1) is 18.4. The lowest BCUT2D eigenvalue weighted by Crippen LogP contribution is -2.65. The fourth-order valence-corrected chi connectivity index (χ4v) is 6.34. The van der Waals surface area contributed by atoms with Gasteiger partial charge in [-0.25, -0.2) is 4.68 Å². The van der Waals surface area contributed by atoms with Gasteiger partial charge in [0, 0.05) is 23.8 Å². The summed E-state index contributed by atoms with van der Waals surface area (Å²) < 4.78 is 42.7. The summed E-state index contributed by atoms with van der Waals surface area (Å²) in [5.74, 6) is -2.69. The van der Waals surface area contributed by atoms with E-state index in [0.29, 0.717) is 0 Å². The second-order valence-corrected chi connectivity index (χ2v) is 10.8. The maximum absolute atomic E-state index is 14.0. The molecule has 0 saturated heterocycles. The topological polar surface area (TPSA) is 87.2 Å². The van der Waals surface area contributed by atoms with Crippen molar-refractivity contribution in [1.82, 2.24) is 9.78 Å². The van der Waals surface area contributed by atoms with Crippen molar-refractivity contribution in [3.8, 4) is 5.69 Å². The van der Waals surface area contributed by atoms with Crippen molar-refractivity contribution in [2.24, 2.45) is 5.92 Å². The van der Waals surface area contributed by atoms with Crippen molar-refractivity contribution in [1.29, 1.82) is 0 Å². The Morgan fingerprint density at radius 1 is 0.950 bits per heavy atom. The molecule has 2 aliphatic rings. The summed E-state index contributed by atoms with van der Waals surface area (Å²) in [5.41, 5.74) is -0.774. The van der Waals surface area contributed by atoms with Crippen molar-refractivity contribution in [2.45, 2.75) is 51.0 Å². The van der Waals surface area contributed by atoms with Crippen molar-refractivity contribution >= 4 is 16.5 Å². The maximum atomic E-state index is 14.0. The smallest absolute Gasteiger partial charge is 0.433 e. The summed E-state index contributed by atoms with van der Waals surface area (Å²) in [6.45, 7) is 4.02. The van der Waals surface area contributed by atoms with E-state index in [2.05, 4.69) is 5.10 Å². The Bertz CT molecular complexity index is 1660. The van der Waals surface area contributed by atoms with E-state index in [4.69, 9.17) is 0 Å². The van der Waals surface area contributed by atoms with Crippen LogP contribution >= 0.6 is 0 Å². The third kappa shape index (κ3) is 3.90. The molecule has 2 atom stereocenters. The van der Waals surface area contributed by atoms with Crippen LogP contribution in [0.15, 0.2) is 83.3 Å². The number of nitrogens with one attached hydrogen (secondary N) is 1. The standard InChI is InChI=1S/C30H26F3N3O3.CH4/c1-29(2)21(35(3)20-14-13-16-9-7-8-12-18(16)24(20)29)15-19-25(37)22(26(19)38)23-27(30(31,32)33)34-36(28(23)39)17-10-5-4-6-11-17;/h4-15,19,22,25-26,34H,1-3H3;1H4/q-2;. The monoisotopic (exact) mass is 549 g/mol. The Kier molecular flexibility index (Phi) is 6.51. The SMILES string of the molecule is C.CN1C(=CC2C([O-])C(c3c(C(F)(F)F)[nH]n(-c4ccccc4)c3=O)C2[O-])C(C)(C)c2c1ccc1ccccc21. The molecule has 1 N–H and O–H groups in total. The number of allylic oxidation sites excluding steroid dienone is 1. The van der Waals surface area contributed by atoms with Crippen LogP contribution in [0.3, 0.4) is 0 Å². The largest absolute Gasteiger partial charge is 0.851 e. The van der Waals surface area contributed by atoms with E-state index < -0.39 is 52.5 Å². The molecule has 6 rings (SSSR count). The lowest BCUT2D eigenvalue weighted by molar-refractivity contribution is -0.543. The number of nitrogens with zero attached hydrogens (tertiary/aromatic N) is 2. The van der Waals surface area contributed by atoms with Gasteiger partial charge in [0.25, 0.3) is 5.56 Å². The molecule has 1 fully saturated rings. The molecule has 0 amide bonds. The van der Waals surface area contributed by atoms with Crippen LogP contribution in [-0.4, -0.2) is 29.0 Å². The highest BCUT2D eigenvalue weighted by Gasteiger charge is 2.48. The normalized spacial score (nSPS) is 24.6. The highest BCUT2D eigenvalue weighted by molar-refractivity contribution is 5.94. The Morgan fingerprint density at radius 2 is 1.57 bits per heavy atom. The van der Waals surface area contributed by atoms with Crippen LogP contribution in [0.5, 0.6) is 0 Å². The summed E-state index contributed by atoms with van der Waals surface area (Å²) in [6.07, 6.45) is -6.71. The number of hydrogen-bond donors (Lipinski definition) is 1. The molecule has 1 aliphatic carbocycles. The molecule has 9 heteroatoms. The zero-order valence-corrected chi connectivity index (χ0v) is 21.5. The summed E-state index contributed by atoms with van der Waals surface area (Å²) in [6, 6.07) is 19.7. The number of para-hydroxylation sites is 1. The van der Waals surface area contributed by atoms with Crippen molar-refractivity contribution < 1.29 is 23.4 Å². The summed E-state index contributed by atoms with van der Waals surface area (Å²) in [4.78, 5) is 15.1. The van der Waals surface area contributed by atoms with Gasteiger partial charge in [0.15, 0.2) is 0 Å². The van der Waals surface area contributed by atoms with Gasteiger partial charge in [-0.2, -0.15) is 13.2 Å². The van der Waals surface area contributed by atoms with E-state index in [0.717, 1.165) is 32.4 Å². The van der Waals surface area contributed by atoms with E-state index in [-0.39, 0.29) is 13.1 Å². The number of rotatable bonds is 3. The molecule has 1 aromatic heterocycles. The zero-order chi connectivity index (χ0) is 27.9. The fourth-order valence-electron chi connectivity index (χ4n) is 6.34. The second-order valence-electron chi connectivity index (χ2n) is 10.8. The van der Waals surface area contributed by atoms with Crippen molar-refractivity contribution in [3.05, 3.63) is 106 Å². The molecule has 0 radical (unpaired) electrons. The van der Waals surface area contributed by atoms with E-state index in [9.17, 15) is 28.2 Å². The third-order valence-corrected chi connectivity index (χ3v) is 8.27. The average Bonchev–Trinajstić information content (AvgIpc) is 3.34. The first-order valence-electron chi connectivity index (χ1n) is 12.7. The number of benzene rings is 3. The minimum Gasteiger partial charge on any atom is -0.851 e. The van der Waals surface area contributed by atoms with Gasteiger partial charge in [-0.3, -0.25) is 9.89 Å². The number of halogens is 3. The van der Waals surface area contributed by atoms with Gasteiger partial charge in [-0.1, -0.05) is 75.9 Å². The molecule has 210 valence electrons. The molecular formula is C31H30F3N3O3-2. The van der Waals surface area contributed by atoms with Crippen LogP contribution in [0, 0.1) is 5.92 Å². The Morgan fingerprint density at radius 3 is 2.23 bits per heavy atom.